The average molecular weight is 486 g/mol. The van der Waals surface area contributed by atoms with E-state index in [-0.39, 0.29) is 12.1 Å². The molecule has 2 heterocycles. The van der Waals surface area contributed by atoms with E-state index in [0.29, 0.717) is 29.1 Å². The van der Waals surface area contributed by atoms with E-state index in [0.717, 1.165) is 27.6 Å². The van der Waals surface area contributed by atoms with Crippen LogP contribution in [0.25, 0.3) is 27.6 Å². The fraction of sp³-hybridized carbons (Fsp3) is 0.154. The summed E-state index contributed by atoms with van der Waals surface area (Å²) in [5, 5.41) is 1.19. The van der Waals surface area contributed by atoms with Crippen molar-refractivity contribution in [3.63, 3.8) is 0 Å². The van der Waals surface area contributed by atoms with E-state index in [4.69, 9.17) is 15.5 Å². The molecule has 0 unspecified atom stereocenters. The summed E-state index contributed by atoms with van der Waals surface area (Å²) in [6.45, 7) is 2.31. The van der Waals surface area contributed by atoms with Gasteiger partial charge in [0.1, 0.15) is 18.1 Å². The third kappa shape index (κ3) is 4.50. The molecule has 0 radical (unpaired) electrons. The first kappa shape index (κ1) is 22.7. The minimum absolute atomic E-state index is 0.234. The summed E-state index contributed by atoms with van der Waals surface area (Å²) in [6.07, 6.45) is 0. The first-order valence-corrected chi connectivity index (χ1v) is 12.1. The van der Waals surface area contributed by atoms with E-state index in [1.165, 1.54) is 16.3 Å². The van der Waals surface area contributed by atoms with Gasteiger partial charge in [0.05, 0.1) is 34.3 Å². The number of amides is 1. The number of aromatic nitrogens is 4. The number of para-hydroxylation sites is 3. The van der Waals surface area contributed by atoms with Crippen LogP contribution < -0.4 is 16.0 Å². The highest BCUT2D eigenvalue weighted by atomic mass is 32.2. The zero-order valence-corrected chi connectivity index (χ0v) is 19.9. The van der Waals surface area contributed by atoms with Gasteiger partial charge in [-0.1, -0.05) is 36.0 Å². The van der Waals surface area contributed by atoms with Crippen LogP contribution in [0.15, 0.2) is 82.7 Å². The molecule has 0 fully saturated rings. The number of thioether (sulfide) groups is 1. The number of hydrogen-bond acceptors (Lipinski definition) is 6. The average Bonchev–Trinajstić information content (AvgIpc) is 3.23. The molecular formula is C26H23N5O3S. The van der Waals surface area contributed by atoms with Crippen LogP contribution in [-0.4, -0.2) is 31.6 Å². The Morgan fingerprint density at radius 3 is 2.43 bits per heavy atom. The maximum atomic E-state index is 13.1. The van der Waals surface area contributed by atoms with Gasteiger partial charge in [-0.25, -0.2) is 9.97 Å². The van der Waals surface area contributed by atoms with E-state index >= 15 is 0 Å². The molecule has 0 aliphatic heterocycles. The number of rotatable bonds is 8. The lowest BCUT2D eigenvalue weighted by Gasteiger charge is -2.13. The van der Waals surface area contributed by atoms with Crippen LogP contribution in [0.4, 0.5) is 0 Å². The molecule has 8 nitrogen and oxygen atoms in total. The molecule has 0 saturated heterocycles. The van der Waals surface area contributed by atoms with Crippen molar-refractivity contribution in [1.29, 1.82) is 0 Å². The SMILES string of the molecule is CCOc1ccc(-n2c(SCc3nc4ccccc4c(=O)n3CC(N)=O)nc3ccccc32)cc1. The van der Waals surface area contributed by atoms with Crippen LogP contribution in [0.2, 0.25) is 0 Å². The Hall–Kier alpha value is -4.11. The Kier molecular flexibility index (Phi) is 6.24. The van der Waals surface area contributed by atoms with Crippen LogP contribution in [0, 0.1) is 0 Å². The lowest BCUT2D eigenvalue weighted by Crippen LogP contribution is -2.31. The fourth-order valence-electron chi connectivity index (χ4n) is 3.98. The number of benzene rings is 3. The molecule has 2 N–H and O–H groups in total. The van der Waals surface area contributed by atoms with Crippen molar-refractivity contribution in [3.05, 3.63) is 89.0 Å². The number of fused-ring (bicyclic) bond motifs is 2. The maximum absolute atomic E-state index is 13.1. The minimum atomic E-state index is -0.600. The van der Waals surface area contributed by atoms with Crippen molar-refractivity contribution in [3.8, 4) is 11.4 Å². The number of carbonyl (C=O) groups is 1. The second kappa shape index (κ2) is 9.63. The number of nitrogens with zero attached hydrogens (tertiary/aromatic N) is 4. The highest BCUT2D eigenvalue weighted by Crippen LogP contribution is 2.30. The molecule has 9 heteroatoms. The second-order valence-corrected chi connectivity index (χ2v) is 8.78. The first-order chi connectivity index (χ1) is 17.0. The number of nitrogens with two attached hydrogens (primary N) is 1. The molecule has 0 spiro atoms. The minimum Gasteiger partial charge on any atom is -0.494 e. The molecule has 1 amide bonds. The zero-order chi connectivity index (χ0) is 24.4. The van der Waals surface area contributed by atoms with Crippen molar-refractivity contribution < 1.29 is 9.53 Å². The van der Waals surface area contributed by atoms with Gasteiger partial charge in [-0.3, -0.25) is 18.7 Å². The van der Waals surface area contributed by atoms with Crippen LogP contribution in [-0.2, 0) is 17.1 Å². The summed E-state index contributed by atoms with van der Waals surface area (Å²) in [7, 11) is 0. The van der Waals surface area contributed by atoms with Crippen molar-refractivity contribution in [1.82, 2.24) is 19.1 Å². The van der Waals surface area contributed by atoms with Gasteiger partial charge >= 0.3 is 0 Å². The topological polar surface area (TPSA) is 105 Å². The van der Waals surface area contributed by atoms with E-state index in [1.54, 1.807) is 18.2 Å². The normalized spacial score (nSPS) is 11.2. The highest BCUT2D eigenvalue weighted by Gasteiger charge is 2.17. The summed E-state index contributed by atoms with van der Waals surface area (Å²) in [5.41, 5.74) is 8.48. The van der Waals surface area contributed by atoms with Gasteiger partial charge in [0.15, 0.2) is 5.16 Å². The molecule has 3 aromatic carbocycles. The van der Waals surface area contributed by atoms with Gasteiger partial charge < -0.3 is 10.5 Å². The maximum Gasteiger partial charge on any atom is 0.261 e. The number of carbonyl (C=O) groups excluding carboxylic acids is 1. The summed E-state index contributed by atoms with van der Waals surface area (Å²) in [6, 6.07) is 22.8. The third-order valence-corrected chi connectivity index (χ3v) is 6.46. The largest absolute Gasteiger partial charge is 0.494 e. The lowest BCUT2D eigenvalue weighted by molar-refractivity contribution is -0.118. The molecule has 0 saturated carbocycles. The molecule has 5 aromatic rings. The molecule has 0 aliphatic rings. The van der Waals surface area contributed by atoms with Gasteiger partial charge in [0.25, 0.3) is 5.56 Å². The number of primary amides is 1. The Labute approximate surface area is 205 Å². The summed E-state index contributed by atoms with van der Waals surface area (Å²) in [4.78, 5) is 34.3. The lowest BCUT2D eigenvalue weighted by atomic mass is 10.2. The second-order valence-electron chi connectivity index (χ2n) is 7.84. The van der Waals surface area contributed by atoms with Gasteiger partial charge in [-0.15, -0.1) is 0 Å². The van der Waals surface area contributed by atoms with Gasteiger partial charge in [-0.2, -0.15) is 0 Å². The van der Waals surface area contributed by atoms with Crippen molar-refractivity contribution in [2.24, 2.45) is 5.73 Å². The smallest absolute Gasteiger partial charge is 0.261 e. The molecule has 0 aliphatic carbocycles. The molecular weight excluding hydrogens is 462 g/mol. The van der Waals surface area contributed by atoms with Gasteiger partial charge in [0.2, 0.25) is 5.91 Å². The van der Waals surface area contributed by atoms with Crippen molar-refractivity contribution in [2.45, 2.75) is 24.4 Å². The predicted octanol–water partition coefficient (Wildman–Crippen LogP) is 3.91. The molecule has 5 rings (SSSR count). The zero-order valence-electron chi connectivity index (χ0n) is 19.0. The Balaban J connectivity index is 1.56. The van der Waals surface area contributed by atoms with E-state index < -0.39 is 5.91 Å². The number of ether oxygens (including phenoxy) is 1. The fourth-order valence-corrected chi connectivity index (χ4v) is 4.95. The van der Waals surface area contributed by atoms with E-state index in [2.05, 4.69) is 9.55 Å². The Morgan fingerprint density at radius 2 is 1.69 bits per heavy atom. The summed E-state index contributed by atoms with van der Waals surface area (Å²) >= 11 is 1.44. The monoisotopic (exact) mass is 485 g/mol. The molecule has 176 valence electrons. The quantitative estimate of drug-likeness (QED) is 0.334. The van der Waals surface area contributed by atoms with Crippen LogP contribution in [0.3, 0.4) is 0 Å². The Morgan fingerprint density at radius 1 is 0.971 bits per heavy atom. The Bertz CT molecular complexity index is 1590. The van der Waals surface area contributed by atoms with Gasteiger partial charge in [0, 0.05) is 5.69 Å². The first-order valence-electron chi connectivity index (χ1n) is 11.2. The van der Waals surface area contributed by atoms with E-state index in [1.807, 2.05) is 61.5 Å². The number of imidazole rings is 1. The van der Waals surface area contributed by atoms with Gasteiger partial charge in [-0.05, 0) is 55.5 Å². The number of hydrogen-bond donors (Lipinski definition) is 1. The third-order valence-electron chi connectivity index (χ3n) is 5.52. The standard InChI is InChI=1S/C26H23N5O3S/c1-2-34-18-13-11-17(12-14-18)31-22-10-6-5-9-21(22)29-26(31)35-16-24-28-20-8-4-3-7-19(20)25(33)30(24)15-23(27)32/h3-14H,2,15-16H2,1H3,(H2,27,32). The van der Waals surface area contributed by atoms with Crippen LogP contribution >= 0.6 is 11.8 Å². The summed E-state index contributed by atoms with van der Waals surface area (Å²) < 4.78 is 9.00. The van der Waals surface area contributed by atoms with Crippen LogP contribution in [0.5, 0.6) is 5.75 Å². The molecule has 0 atom stereocenters. The van der Waals surface area contributed by atoms with Crippen molar-refractivity contribution in [2.75, 3.05) is 6.61 Å². The molecule has 0 bridgehead atoms. The molecule has 35 heavy (non-hydrogen) atoms. The van der Waals surface area contributed by atoms with E-state index in [9.17, 15) is 9.59 Å². The highest BCUT2D eigenvalue weighted by molar-refractivity contribution is 7.98. The van der Waals surface area contributed by atoms with Crippen molar-refractivity contribution >= 4 is 39.6 Å². The van der Waals surface area contributed by atoms with Crippen LogP contribution in [0.1, 0.15) is 12.7 Å². The summed E-state index contributed by atoms with van der Waals surface area (Å²) in [5.74, 6) is 0.985. The predicted molar refractivity (Wildman–Crippen MR) is 137 cm³/mol. The molecule has 2 aromatic heterocycles.